The Morgan fingerprint density at radius 1 is 1.62 bits per heavy atom. The van der Waals surface area contributed by atoms with Gasteiger partial charge in [-0.2, -0.15) is 10.2 Å². The Kier molecular flexibility index (Phi) is 3.87. The summed E-state index contributed by atoms with van der Waals surface area (Å²) < 4.78 is 12.8. The summed E-state index contributed by atoms with van der Waals surface area (Å²) in [6.45, 7) is 0.890. The second kappa shape index (κ2) is 5.96. The molecule has 1 saturated heterocycles. The van der Waals surface area contributed by atoms with Crippen LogP contribution in [0.3, 0.4) is 0 Å². The first kappa shape index (κ1) is 13.6. The average Bonchev–Trinajstić information content (AvgIpc) is 3.17. The van der Waals surface area contributed by atoms with E-state index in [2.05, 4.69) is 20.6 Å². The molecule has 2 aromatic rings. The number of hydrogen-bond acceptors (Lipinski definition) is 5. The fourth-order valence-electron chi connectivity index (χ4n) is 2.26. The molecule has 1 fully saturated rings. The lowest BCUT2D eigenvalue weighted by molar-refractivity contribution is -0.121. The number of H-pyrrole nitrogens is 1. The Bertz CT molecular complexity index is 595. The zero-order chi connectivity index (χ0) is 14.7. The van der Waals surface area contributed by atoms with Gasteiger partial charge in [-0.1, -0.05) is 0 Å². The number of carbonyl (C=O) groups is 1. The van der Waals surface area contributed by atoms with E-state index in [1.54, 1.807) is 23.3 Å². The van der Waals surface area contributed by atoms with E-state index in [1.807, 2.05) is 13.1 Å². The highest BCUT2D eigenvalue weighted by molar-refractivity contribution is 5.78. The van der Waals surface area contributed by atoms with Crippen molar-refractivity contribution in [1.29, 1.82) is 0 Å². The minimum atomic E-state index is -0.210. The molecule has 8 nitrogen and oxygen atoms in total. The van der Waals surface area contributed by atoms with E-state index in [-0.39, 0.29) is 24.5 Å². The molecule has 2 aromatic heterocycles. The maximum Gasteiger partial charge on any atom is 0.226 e. The standard InChI is InChI=1S/C13H17N5O3/c1-18-9(2-3-16-18)4-13(19)17-11-7-20-8-12(11)21-10-5-14-15-6-10/h2-3,5-6,11-12H,4,7-8H2,1H3,(H,14,15)(H,17,19)/t11-,12+/m0/s1. The zero-order valence-corrected chi connectivity index (χ0v) is 11.7. The summed E-state index contributed by atoms with van der Waals surface area (Å²) in [5, 5.41) is 13.5. The van der Waals surface area contributed by atoms with Crippen LogP contribution in [0.4, 0.5) is 0 Å². The Morgan fingerprint density at radius 3 is 3.24 bits per heavy atom. The van der Waals surface area contributed by atoms with Crippen LogP contribution >= 0.6 is 0 Å². The summed E-state index contributed by atoms with van der Waals surface area (Å²) in [5.74, 6) is 0.561. The Morgan fingerprint density at radius 2 is 2.52 bits per heavy atom. The van der Waals surface area contributed by atoms with E-state index in [4.69, 9.17) is 9.47 Å². The average molecular weight is 291 g/mol. The number of carbonyl (C=O) groups excluding carboxylic acids is 1. The highest BCUT2D eigenvalue weighted by Gasteiger charge is 2.31. The van der Waals surface area contributed by atoms with Crippen molar-refractivity contribution in [3.05, 3.63) is 30.4 Å². The normalized spacial score (nSPS) is 21.4. The van der Waals surface area contributed by atoms with Crippen LogP contribution in [0.25, 0.3) is 0 Å². The van der Waals surface area contributed by atoms with E-state index >= 15 is 0 Å². The summed E-state index contributed by atoms with van der Waals surface area (Å²) in [6, 6.07) is 1.66. The summed E-state index contributed by atoms with van der Waals surface area (Å²) >= 11 is 0. The topological polar surface area (TPSA) is 94.1 Å². The molecule has 3 heterocycles. The number of aromatic nitrogens is 4. The lowest BCUT2D eigenvalue weighted by Crippen LogP contribution is -2.45. The summed E-state index contributed by atoms with van der Waals surface area (Å²) in [6.07, 6.45) is 5.00. The maximum absolute atomic E-state index is 12.1. The molecule has 21 heavy (non-hydrogen) atoms. The number of aryl methyl sites for hydroxylation is 1. The molecule has 0 aromatic carbocycles. The predicted molar refractivity (Wildman–Crippen MR) is 72.7 cm³/mol. The second-order valence-corrected chi connectivity index (χ2v) is 4.92. The number of nitrogens with one attached hydrogen (secondary N) is 2. The van der Waals surface area contributed by atoms with Gasteiger partial charge in [-0.3, -0.25) is 14.6 Å². The van der Waals surface area contributed by atoms with Crippen LogP contribution in [-0.2, 0) is 23.0 Å². The molecular weight excluding hydrogens is 274 g/mol. The van der Waals surface area contributed by atoms with Crippen LogP contribution in [0, 0.1) is 0 Å². The SMILES string of the molecule is Cn1nccc1CC(=O)N[C@H]1COC[C@H]1Oc1cn[nH]c1. The first-order chi connectivity index (χ1) is 10.2. The van der Waals surface area contributed by atoms with Gasteiger partial charge in [-0.25, -0.2) is 0 Å². The molecule has 0 unspecified atom stereocenters. The minimum absolute atomic E-state index is 0.0742. The molecule has 0 radical (unpaired) electrons. The molecular formula is C13H17N5O3. The third-order valence-electron chi connectivity index (χ3n) is 3.40. The molecule has 3 rings (SSSR count). The number of amides is 1. The van der Waals surface area contributed by atoms with E-state index in [0.717, 1.165) is 5.69 Å². The number of aromatic amines is 1. The van der Waals surface area contributed by atoms with Crippen molar-refractivity contribution in [2.24, 2.45) is 7.05 Å². The van der Waals surface area contributed by atoms with Crippen molar-refractivity contribution < 1.29 is 14.3 Å². The molecule has 2 N–H and O–H groups in total. The van der Waals surface area contributed by atoms with Crippen molar-refractivity contribution in [2.75, 3.05) is 13.2 Å². The number of hydrogen-bond donors (Lipinski definition) is 2. The van der Waals surface area contributed by atoms with E-state index in [1.165, 1.54) is 0 Å². The van der Waals surface area contributed by atoms with E-state index < -0.39 is 0 Å². The Balaban J connectivity index is 1.56. The third kappa shape index (κ3) is 3.22. The zero-order valence-electron chi connectivity index (χ0n) is 11.7. The predicted octanol–water partition coefficient (Wildman–Crippen LogP) is -0.352. The van der Waals surface area contributed by atoms with Gasteiger partial charge in [0.15, 0.2) is 5.75 Å². The second-order valence-electron chi connectivity index (χ2n) is 4.92. The largest absolute Gasteiger partial charge is 0.482 e. The number of rotatable bonds is 5. The minimum Gasteiger partial charge on any atom is -0.482 e. The van der Waals surface area contributed by atoms with Gasteiger partial charge in [0.1, 0.15) is 6.10 Å². The first-order valence-corrected chi connectivity index (χ1v) is 6.72. The fourth-order valence-corrected chi connectivity index (χ4v) is 2.26. The van der Waals surface area contributed by atoms with Gasteiger partial charge in [0.2, 0.25) is 5.91 Å². The van der Waals surface area contributed by atoms with Crippen molar-refractivity contribution in [3.63, 3.8) is 0 Å². The monoisotopic (exact) mass is 291 g/mol. The maximum atomic E-state index is 12.1. The fraction of sp³-hybridized carbons (Fsp3) is 0.462. The van der Waals surface area contributed by atoms with E-state index in [9.17, 15) is 4.79 Å². The van der Waals surface area contributed by atoms with Gasteiger partial charge in [-0.15, -0.1) is 0 Å². The number of ether oxygens (including phenoxy) is 2. The lowest BCUT2D eigenvalue weighted by atomic mass is 10.2. The quantitative estimate of drug-likeness (QED) is 0.785. The van der Waals surface area contributed by atoms with Gasteiger partial charge in [-0.05, 0) is 6.07 Å². The number of nitrogens with zero attached hydrogens (tertiary/aromatic N) is 3. The van der Waals surface area contributed by atoms with Crippen LogP contribution in [0.15, 0.2) is 24.7 Å². The van der Waals surface area contributed by atoms with Gasteiger partial charge in [0, 0.05) is 18.9 Å². The van der Waals surface area contributed by atoms with E-state index in [0.29, 0.717) is 19.0 Å². The van der Waals surface area contributed by atoms with Gasteiger partial charge in [0.25, 0.3) is 0 Å². The summed E-state index contributed by atoms with van der Waals surface area (Å²) in [4.78, 5) is 12.1. The van der Waals surface area contributed by atoms with Crippen molar-refractivity contribution >= 4 is 5.91 Å². The molecule has 112 valence electrons. The Hall–Kier alpha value is -2.35. The Labute approximate surface area is 121 Å². The first-order valence-electron chi connectivity index (χ1n) is 6.72. The van der Waals surface area contributed by atoms with Gasteiger partial charge < -0.3 is 14.8 Å². The summed E-state index contributed by atoms with van der Waals surface area (Å²) in [5.41, 5.74) is 0.860. The van der Waals surface area contributed by atoms with Crippen molar-refractivity contribution in [3.8, 4) is 5.75 Å². The van der Waals surface area contributed by atoms with Gasteiger partial charge >= 0.3 is 0 Å². The molecule has 0 spiro atoms. The molecule has 2 atom stereocenters. The highest BCUT2D eigenvalue weighted by atomic mass is 16.5. The molecule has 8 heteroatoms. The van der Waals surface area contributed by atoms with Crippen LogP contribution in [0.2, 0.25) is 0 Å². The van der Waals surface area contributed by atoms with Crippen molar-refractivity contribution in [2.45, 2.75) is 18.6 Å². The highest BCUT2D eigenvalue weighted by Crippen LogP contribution is 2.15. The molecule has 0 bridgehead atoms. The van der Waals surface area contributed by atoms with Crippen molar-refractivity contribution in [1.82, 2.24) is 25.3 Å². The smallest absolute Gasteiger partial charge is 0.226 e. The van der Waals surface area contributed by atoms with Crippen LogP contribution in [0.1, 0.15) is 5.69 Å². The van der Waals surface area contributed by atoms with Crippen LogP contribution in [-0.4, -0.2) is 51.2 Å². The molecule has 0 saturated carbocycles. The molecule has 0 aliphatic carbocycles. The van der Waals surface area contributed by atoms with Gasteiger partial charge in [0.05, 0.1) is 38.1 Å². The molecule has 1 amide bonds. The van der Waals surface area contributed by atoms with Crippen LogP contribution in [0.5, 0.6) is 5.75 Å². The lowest BCUT2D eigenvalue weighted by Gasteiger charge is -2.19. The third-order valence-corrected chi connectivity index (χ3v) is 3.40. The molecule has 1 aliphatic rings. The van der Waals surface area contributed by atoms with Crippen LogP contribution < -0.4 is 10.1 Å². The summed E-state index contributed by atoms with van der Waals surface area (Å²) in [7, 11) is 1.81. The molecule has 1 aliphatic heterocycles.